The van der Waals surface area contributed by atoms with Gasteiger partial charge in [-0.2, -0.15) is 0 Å². The zero-order chi connectivity index (χ0) is 15.4. The molecule has 2 N–H and O–H groups in total. The summed E-state index contributed by atoms with van der Waals surface area (Å²) in [5, 5.41) is 0. The number of hydrogen-bond donors (Lipinski definition) is 1. The maximum atomic E-state index is 6.53. The summed E-state index contributed by atoms with van der Waals surface area (Å²) in [7, 11) is 2.29. The van der Waals surface area contributed by atoms with E-state index in [1.165, 1.54) is 36.8 Å². The molecule has 21 heavy (non-hydrogen) atoms. The predicted octanol–water partition coefficient (Wildman–Crippen LogP) is 4.28. The lowest BCUT2D eigenvalue weighted by Gasteiger charge is -2.43. The second kappa shape index (κ2) is 7.42. The summed E-state index contributed by atoms with van der Waals surface area (Å²) >= 11 is 0. The van der Waals surface area contributed by atoms with Gasteiger partial charge in [-0.25, -0.2) is 0 Å². The van der Waals surface area contributed by atoms with Gasteiger partial charge in [0, 0.05) is 12.1 Å². The Hall–Kier alpha value is -0.860. The maximum absolute atomic E-state index is 6.53. The molecule has 0 bridgehead atoms. The van der Waals surface area contributed by atoms with Crippen molar-refractivity contribution in [2.75, 3.05) is 7.05 Å². The van der Waals surface area contributed by atoms with E-state index in [-0.39, 0.29) is 6.04 Å². The van der Waals surface area contributed by atoms with E-state index >= 15 is 0 Å². The van der Waals surface area contributed by atoms with Gasteiger partial charge < -0.3 is 5.73 Å². The van der Waals surface area contributed by atoms with Crippen LogP contribution in [0.4, 0.5) is 0 Å². The van der Waals surface area contributed by atoms with Crippen LogP contribution in [0.25, 0.3) is 0 Å². The SMILES string of the molecule is CCC(N)C(c1ccccc1C)N(C)C1CCCCC1C. The van der Waals surface area contributed by atoms with Crippen LogP contribution in [0.5, 0.6) is 0 Å². The molecule has 2 nitrogen and oxygen atoms in total. The fourth-order valence-corrected chi connectivity index (χ4v) is 4.00. The second-order valence-corrected chi connectivity index (χ2v) is 6.87. The van der Waals surface area contributed by atoms with Crippen molar-refractivity contribution in [1.82, 2.24) is 4.90 Å². The van der Waals surface area contributed by atoms with Gasteiger partial charge in [0.15, 0.2) is 0 Å². The number of hydrogen-bond acceptors (Lipinski definition) is 2. The first-order chi connectivity index (χ1) is 10.1. The minimum Gasteiger partial charge on any atom is -0.326 e. The van der Waals surface area contributed by atoms with Crippen molar-refractivity contribution in [2.24, 2.45) is 11.7 Å². The highest BCUT2D eigenvalue weighted by molar-refractivity contribution is 5.30. The van der Waals surface area contributed by atoms with Crippen molar-refractivity contribution in [3.8, 4) is 0 Å². The van der Waals surface area contributed by atoms with Gasteiger partial charge in [-0.15, -0.1) is 0 Å². The third-order valence-corrected chi connectivity index (χ3v) is 5.41. The molecule has 1 aromatic rings. The summed E-state index contributed by atoms with van der Waals surface area (Å²) in [6.45, 7) is 6.82. The third-order valence-electron chi connectivity index (χ3n) is 5.41. The van der Waals surface area contributed by atoms with Crippen LogP contribution in [0.1, 0.15) is 63.1 Å². The Morgan fingerprint density at radius 3 is 2.52 bits per heavy atom. The monoisotopic (exact) mass is 288 g/mol. The molecule has 1 saturated carbocycles. The number of rotatable bonds is 5. The van der Waals surface area contributed by atoms with Gasteiger partial charge in [-0.3, -0.25) is 4.90 Å². The van der Waals surface area contributed by atoms with Crippen LogP contribution >= 0.6 is 0 Å². The molecule has 0 spiro atoms. The molecule has 0 aliphatic heterocycles. The lowest BCUT2D eigenvalue weighted by atomic mass is 9.82. The van der Waals surface area contributed by atoms with Crippen LogP contribution in [0.3, 0.4) is 0 Å². The zero-order valence-corrected chi connectivity index (χ0v) is 14.2. The first-order valence-corrected chi connectivity index (χ1v) is 8.59. The summed E-state index contributed by atoms with van der Waals surface area (Å²) in [5.41, 5.74) is 9.30. The molecule has 1 aliphatic rings. The first-order valence-electron chi connectivity index (χ1n) is 8.59. The molecular weight excluding hydrogens is 256 g/mol. The van der Waals surface area contributed by atoms with E-state index in [1.54, 1.807) is 0 Å². The minimum atomic E-state index is 0.199. The molecule has 2 rings (SSSR count). The molecule has 118 valence electrons. The Balaban J connectivity index is 2.29. The number of likely N-dealkylation sites (N-methyl/N-ethyl adjacent to an activating group) is 1. The van der Waals surface area contributed by atoms with Gasteiger partial charge in [0.25, 0.3) is 0 Å². The number of nitrogens with two attached hydrogens (primary N) is 1. The molecule has 0 saturated heterocycles. The minimum absolute atomic E-state index is 0.199. The summed E-state index contributed by atoms with van der Waals surface area (Å²) < 4.78 is 0. The van der Waals surface area contributed by atoms with Gasteiger partial charge in [-0.05, 0) is 50.3 Å². The second-order valence-electron chi connectivity index (χ2n) is 6.87. The molecular formula is C19H32N2. The van der Waals surface area contributed by atoms with E-state index in [1.807, 2.05) is 0 Å². The molecule has 0 amide bonds. The smallest absolute Gasteiger partial charge is 0.0501 e. The van der Waals surface area contributed by atoms with E-state index in [2.05, 4.69) is 57.0 Å². The van der Waals surface area contributed by atoms with Crippen LogP contribution in [0.2, 0.25) is 0 Å². The van der Waals surface area contributed by atoms with Gasteiger partial charge >= 0.3 is 0 Å². The maximum Gasteiger partial charge on any atom is 0.0501 e. The lowest BCUT2D eigenvalue weighted by molar-refractivity contribution is 0.0821. The average Bonchev–Trinajstić information content (AvgIpc) is 2.49. The highest BCUT2D eigenvalue weighted by Gasteiger charge is 2.33. The van der Waals surface area contributed by atoms with Gasteiger partial charge in [0.2, 0.25) is 0 Å². The van der Waals surface area contributed by atoms with Crippen LogP contribution in [-0.4, -0.2) is 24.0 Å². The van der Waals surface area contributed by atoms with E-state index in [4.69, 9.17) is 5.73 Å². The molecule has 1 fully saturated rings. The fourth-order valence-electron chi connectivity index (χ4n) is 4.00. The molecule has 4 unspecified atom stereocenters. The van der Waals surface area contributed by atoms with Crippen LogP contribution in [0.15, 0.2) is 24.3 Å². The van der Waals surface area contributed by atoms with Crippen molar-refractivity contribution in [1.29, 1.82) is 0 Å². The van der Waals surface area contributed by atoms with Crippen LogP contribution < -0.4 is 5.73 Å². The third kappa shape index (κ3) is 3.67. The quantitative estimate of drug-likeness (QED) is 0.876. The zero-order valence-electron chi connectivity index (χ0n) is 14.2. The van der Waals surface area contributed by atoms with Crippen LogP contribution in [0, 0.1) is 12.8 Å². The summed E-state index contributed by atoms with van der Waals surface area (Å²) in [6.07, 6.45) is 6.44. The largest absolute Gasteiger partial charge is 0.326 e. The Labute approximate surface area is 130 Å². The standard InChI is InChI=1S/C19H32N2/c1-5-17(20)19(16-12-8-6-10-14(16)2)21(4)18-13-9-7-11-15(18)3/h6,8,10,12,15,17-19H,5,7,9,11,13,20H2,1-4H3. The molecule has 2 heteroatoms. The first kappa shape index (κ1) is 16.5. The molecule has 1 aliphatic carbocycles. The average molecular weight is 288 g/mol. The number of nitrogens with zero attached hydrogens (tertiary/aromatic N) is 1. The van der Waals surface area contributed by atoms with Gasteiger partial charge in [0.05, 0.1) is 6.04 Å². The Kier molecular flexibility index (Phi) is 5.83. The summed E-state index contributed by atoms with van der Waals surface area (Å²) in [6, 6.07) is 9.95. The topological polar surface area (TPSA) is 29.3 Å². The molecule has 0 heterocycles. The summed E-state index contributed by atoms with van der Waals surface area (Å²) in [4.78, 5) is 2.58. The molecule has 0 radical (unpaired) electrons. The summed E-state index contributed by atoms with van der Waals surface area (Å²) in [5.74, 6) is 0.777. The Morgan fingerprint density at radius 1 is 1.24 bits per heavy atom. The Morgan fingerprint density at radius 2 is 1.90 bits per heavy atom. The number of aryl methyl sites for hydroxylation is 1. The molecule has 0 aromatic heterocycles. The van der Waals surface area contributed by atoms with Crippen molar-refractivity contribution >= 4 is 0 Å². The van der Waals surface area contributed by atoms with E-state index < -0.39 is 0 Å². The lowest BCUT2D eigenvalue weighted by Crippen LogP contribution is -2.47. The Bertz CT molecular complexity index is 443. The van der Waals surface area contributed by atoms with Gasteiger partial charge in [-0.1, -0.05) is 51.0 Å². The van der Waals surface area contributed by atoms with Crippen LogP contribution in [-0.2, 0) is 0 Å². The van der Waals surface area contributed by atoms with Crippen molar-refractivity contribution in [3.63, 3.8) is 0 Å². The highest BCUT2D eigenvalue weighted by Crippen LogP contribution is 2.35. The predicted molar refractivity (Wildman–Crippen MR) is 91.4 cm³/mol. The van der Waals surface area contributed by atoms with E-state index in [9.17, 15) is 0 Å². The van der Waals surface area contributed by atoms with Crippen molar-refractivity contribution in [2.45, 2.75) is 71.0 Å². The number of benzene rings is 1. The highest BCUT2D eigenvalue weighted by atomic mass is 15.2. The van der Waals surface area contributed by atoms with Crippen molar-refractivity contribution in [3.05, 3.63) is 35.4 Å². The molecule has 1 aromatic carbocycles. The normalized spacial score (nSPS) is 25.8. The van der Waals surface area contributed by atoms with Gasteiger partial charge in [0.1, 0.15) is 0 Å². The fraction of sp³-hybridized carbons (Fsp3) is 0.684. The van der Waals surface area contributed by atoms with E-state index in [0.29, 0.717) is 12.1 Å². The van der Waals surface area contributed by atoms with Crippen molar-refractivity contribution < 1.29 is 0 Å². The van der Waals surface area contributed by atoms with E-state index in [0.717, 1.165) is 12.3 Å². The molecule has 4 atom stereocenters.